The van der Waals surface area contributed by atoms with Crippen molar-refractivity contribution in [2.75, 3.05) is 24.7 Å². The standard InChI is InChI=1S/C19H21FN2O5S2/c1-28(24,25)17-6-8-18(9-7-17)29(26,27)22-12-10-14(11-13-22)19(23)21-16-4-2-15(20)3-5-16/h2-9,14H,10-13H2,1H3,(H,21,23). The lowest BCUT2D eigenvalue weighted by molar-refractivity contribution is -0.120. The second-order valence-electron chi connectivity index (χ2n) is 6.92. The van der Waals surface area contributed by atoms with Gasteiger partial charge in [-0.15, -0.1) is 0 Å². The molecule has 0 unspecified atom stereocenters. The number of hydrogen-bond acceptors (Lipinski definition) is 5. The Morgan fingerprint density at radius 1 is 0.931 bits per heavy atom. The van der Waals surface area contributed by atoms with Gasteiger partial charge in [0.15, 0.2) is 9.84 Å². The second kappa shape index (κ2) is 8.21. The van der Waals surface area contributed by atoms with Crippen molar-refractivity contribution in [1.29, 1.82) is 0 Å². The molecule has 1 fully saturated rings. The van der Waals surface area contributed by atoms with Crippen LogP contribution in [0.25, 0.3) is 0 Å². The number of benzene rings is 2. The monoisotopic (exact) mass is 440 g/mol. The SMILES string of the molecule is CS(=O)(=O)c1ccc(S(=O)(=O)N2CCC(C(=O)Nc3ccc(F)cc3)CC2)cc1. The fourth-order valence-corrected chi connectivity index (χ4v) is 5.24. The normalized spacial score (nSPS) is 16.5. The molecule has 7 nitrogen and oxygen atoms in total. The molecule has 1 aliphatic heterocycles. The Morgan fingerprint density at radius 3 is 1.97 bits per heavy atom. The third kappa shape index (κ3) is 5.01. The summed E-state index contributed by atoms with van der Waals surface area (Å²) in [7, 11) is -7.18. The number of sulfonamides is 1. The van der Waals surface area contributed by atoms with Gasteiger partial charge in [-0.1, -0.05) is 0 Å². The van der Waals surface area contributed by atoms with E-state index in [1.807, 2.05) is 0 Å². The summed E-state index contributed by atoms with van der Waals surface area (Å²) in [5.41, 5.74) is 0.484. The fraction of sp³-hybridized carbons (Fsp3) is 0.316. The van der Waals surface area contributed by atoms with E-state index < -0.39 is 25.7 Å². The van der Waals surface area contributed by atoms with Crippen LogP contribution >= 0.6 is 0 Å². The van der Waals surface area contributed by atoms with E-state index in [1.165, 1.54) is 52.8 Å². The summed E-state index contributed by atoms with van der Waals surface area (Å²) in [6.45, 7) is 0.356. The van der Waals surface area contributed by atoms with Crippen LogP contribution in [0.4, 0.5) is 10.1 Å². The first-order valence-corrected chi connectivity index (χ1v) is 12.3. The molecule has 1 N–H and O–H groups in total. The highest BCUT2D eigenvalue weighted by atomic mass is 32.2. The maximum atomic E-state index is 12.9. The smallest absolute Gasteiger partial charge is 0.243 e. The zero-order valence-corrected chi connectivity index (χ0v) is 17.3. The molecule has 2 aromatic rings. The van der Waals surface area contributed by atoms with Crippen molar-refractivity contribution in [1.82, 2.24) is 4.31 Å². The molecule has 3 rings (SSSR count). The Morgan fingerprint density at radius 2 is 1.45 bits per heavy atom. The molecule has 2 aromatic carbocycles. The van der Waals surface area contributed by atoms with E-state index >= 15 is 0 Å². The van der Waals surface area contributed by atoms with Gasteiger partial charge in [0, 0.05) is 31.0 Å². The number of sulfone groups is 1. The first-order chi connectivity index (χ1) is 13.6. The highest BCUT2D eigenvalue weighted by molar-refractivity contribution is 7.90. The quantitative estimate of drug-likeness (QED) is 0.769. The molecular weight excluding hydrogens is 419 g/mol. The summed E-state index contributed by atoms with van der Waals surface area (Å²) in [6, 6.07) is 10.5. The molecule has 0 bridgehead atoms. The molecule has 1 saturated heterocycles. The largest absolute Gasteiger partial charge is 0.326 e. The third-order valence-electron chi connectivity index (χ3n) is 4.83. The van der Waals surface area contributed by atoms with Crippen LogP contribution in [0.5, 0.6) is 0 Å². The van der Waals surface area contributed by atoms with E-state index in [1.54, 1.807) is 0 Å². The molecule has 0 aliphatic carbocycles. The molecule has 1 amide bonds. The average Bonchev–Trinajstić information content (AvgIpc) is 2.69. The molecule has 1 heterocycles. The van der Waals surface area contributed by atoms with Crippen LogP contribution in [0.3, 0.4) is 0 Å². The fourth-order valence-electron chi connectivity index (χ4n) is 3.14. The van der Waals surface area contributed by atoms with Crippen LogP contribution in [-0.4, -0.2) is 46.4 Å². The Balaban J connectivity index is 1.63. The summed E-state index contributed by atoms with van der Waals surface area (Å²) in [5.74, 6) is -0.976. The predicted molar refractivity (Wildman–Crippen MR) is 106 cm³/mol. The van der Waals surface area contributed by atoms with Gasteiger partial charge in [-0.3, -0.25) is 4.79 Å². The van der Waals surface area contributed by atoms with E-state index in [9.17, 15) is 26.0 Å². The zero-order valence-electron chi connectivity index (χ0n) is 15.7. The molecule has 0 aromatic heterocycles. The Bertz CT molecular complexity index is 1090. The Hall–Kier alpha value is -2.30. The lowest BCUT2D eigenvalue weighted by Crippen LogP contribution is -2.41. The van der Waals surface area contributed by atoms with Crippen molar-refractivity contribution in [2.45, 2.75) is 22.6 Å². The Labute approximate surface area is 169 Å². The first-order valence-electron chi connectivity index (χ1n) is 8.94. The lowest BCUT2D eigenvalue weighted by Gasteiger charge is -2.30. The molecule has 1 aliphatic rings. The van der Waals surface area contributed by atoms with Crippen molar-refractivity contribution in [3.63, 3.8) is 0 Å². The summed E-state index contributed by atoms with van der Waals surface area (Å²) >= 11 is 0. The van der Waals surface area contributed by atoms with Crippen molar-refractivity contribution >= 4 is 31.5 Å². The minimum Gasteiger partial charge on any atom is -0.326 e. The minimum atomic E-state index is -3.77. The van der Waals surface area contributed by atoms with Crippen LogP contribution in [0.1, 0.15) is 12.8 Å². The van der Waals surface area contributed by atoms with E-state index in [4.69, 9.17) is 0 Å². The van der Waals surface area contributed by atoms with Gasteiger partial charge in [0.2, 0.25) is 15.9 Å². The predicted octanol–water partition coefficient (Wildman–Crippen LogP) is 2.27. The number of carbonyl (C=O) groups excluding carboxylic acids is 1. The lowest BCUT2D eigenvalue weighted by atomic mass is 9.97. The van der Waals surface area contributed by atoms with Gasteiger partial charge in [-0.05, 0) is 61.4 Å². The maximum absolute atomic E-state index is 12.9. The maximum Gasteiger partial charge on any atom is 0.243 e. The van der Waals surface area contributed by atoms with Crippen LogP contribution in [0, 0.1) is 11.7 Å². The number of rotatable bonds is 5. The van der Waals surface area contributed by atoms with Crippen molar-refractivity contribution < 1.29 is 26.0 Å². The number of carbonyl (C=O) groups is 1. The number of anilines is 1. The summed E-state index contributed by atoms with van der Waals surface area (Å²) in [4.78, 5) is 12.4. The van der Waals surface area contributed by atoms with Crippen LogP contribution < -0.4 is 5.32 Å². The second-order valence-corrected chi connectivity index (χ2v) is 10.9. The number of nitrogens with zero attached hydrogens (tertiary/aromatic N) is 1. The van der Waals surface area contributed by atoms with Crippen molar-refractivity contribution in [3.8, 4) is 0 Å². The highest BCUT2D eigenvalue weighted by Crippen LogP contribution is 2.25. The van der Waals surface area contributed by atoms with Gasteiger partial charge >= 0.3 is 0 Å². The van der Waals surface area contributed by atoms with Gasteiger partial charge in [0.05, 0.1) is 9.79 Å². The molecule has 0 atom stereocenters. The zero-order chi connectivity index (χ0) is 21.2. The molecule has 10 heteroatoms. The number of halogens is 1. The molecular formula is C19H21FN2O5S2. The van der Waals surface area contributed by atoms with E-state index in [0.29, 0.717) is 18.5 Å². The number of nitrogens with one attached hydrogen (secondary N) is 1. The van der Waals surface area contributed by atoms with Gasteiger partial charge in [-0.2, -0.15) is 4.31 Å². The molecule has 0 spiro atoms. The van der Waals surface area contributed by atoms with Crippen molar-refractivity contribution in [3.05, 3.63) is 54.3 Å². The van der Waals surface area contributed by atoms with Gasteiger partial charge in [-0.25, -0.2) is 21.2 Å². The van der Waals surface area contributed by atoms with E-state index in [2.05, 4.69) is 5.32 Å². The van der Waals surface area contributed by atoms with E-state index in [-0.39, 0.29) is 34.7 Å². The van der Waals surface area contributed by atoms with Crippen molar-refractivity contribution in [2.24, 2.45) is 5.92 Å². The van der Waals surface area contributed by atoms with Gasteiger partial charge in [0.25, 0.3) is 0 Å². The van der Waals surface area contributed by atoms with Crippen LogP contribution in [0.15, 0.2) is 58.3 Å². The number of piperidine rings is 1. The summed E-state index contributed by atoms with van der Waals surface area (Å²) in [5, 5.41) is 2.71. The molecule has 0 saturated carbocycles. The van der Waals surface area contributed by atoms with Gasteiger partial charge in [0.1, 0.15) is 5.82 Å². The molecule has 0 radical (unpaired) electrons. The van der Waals surface area contributed by atoms with Crippen LogP contribution in [-0.2, 0) is 24.7 Å². The van der Waals surface area contributed by atoms with Crippen LogP contribution in [0.2, 0.25) is 0 Å². The first kappa shape index (κ1) is 21.4. The average molecular weight is 441 g/mol. The third-order valence-corrected chi connectivity index (χ3v) is 7.87. The molecule has 156 valence electrons. The molecule has 29 heavy (non-hydrogen) atoms. The van der Waals surface area contributed by atoms with Gasteiger partial charge < -0.3 is 5.32 Å². The topological polar surface area (TPSA) is 101 Å². The number of hydrogen-bond donors (Lipinski definition) is 1. The van der Waals surface area contributed by atoms with E-state index in [0.717, 1.165) is 6.26 Å². The minimum absolute atomic E-state index is 0.0131. The Kier molecular flexibility index (Phi) is 6.06. The summed E-state index contributed by atoms with van der Waals surface area (Å²) < 4.78 is 62.9. The summed E-state index contributed by atoms with van der Waals surface area (Å²) in [6.07, 6.45) is 1.76. The number of amides is 1. The highest BCUT2D eigenvalue weighted by Gasteiger charge is 2.32.